The Morgan fingerprint density at radius 3 is 2.55 bits per heavy atom. The SMILES string of the molecule is Cc1ccc(C2OC(C)C(O)CC2O)cc1Cc1ccc(-c2ccc(P)cc2)s1. The molecule has 4 rings (SSSR count). The summed E-state index contributed by atoms with van der Waals surface area (Å²) in [5.41, 5.74) is 4.69. The Kier molecular flexibility index (Phi) is 6.19. The van der Waals surface area contributed by atoms with E-state index in [0.717, 1.165) is 12.0 Å². The molecule has 1 aliphatic rings. The van der Waals surface area contributed by atoms with Crippen LogP contribution >= 0.6 is 20.6 Å². The third kappa shape index (κ3) is 4.63. The normalized spacial score (nSPS) is 24.6. The molecule has 5 heteroatoms. The number of aliphatic hydroxyl groups is 2. The highest BCUT2D eigenvalue weighted by atomic mass is 32.1. The first kappa shape index (κ1) is 20.7. The first-order valence-corrected chi connectivity index (χ1v) is 11.4. The van der Waals surface area contributed by atoms with Crippen LogP contribution in [0, 0.1) is 6.92 Å². The average molecular weight is 427 g/mol. The van der Waals surface area contributed by atoms with Gasteiger partial charge >= 0.3 is 0 Å². The van der Waals surface area contributed by atoms with E-state index in [9.17, 15) is 10.2 Å². The number of rotatable bonds is 4. The molecular formula is C24H27O3PS. The zero-order valence-electron chi connectivity index (χ0n) is 16.7. The highest BCUT2D eigenvalue weighted by molar-refractivity contribution is 7.27. The molecule has 5 unspecified atom stereocenters. The third-order valence-corrected chi connectivity index (χ3v) is 7.18. The molecule has 3 aromatic rings. The predicted molar refractivity (Wildman–Crippen MR) is 123 cm³/mol. The van der Waals surface area contributed by atoms with E-state index >= 15 is 0 Å². The molecular weight excluding hydrogens is 399 g/mol. The highest BCUT2D eigenvalue weighted by Gasteiger charge is 2.34. The van der Waals surface area contributed by atoms with Gasteiger partial charge in [0, 0.05) is 22.6 Å². The van der Waals surface area contributed by atoms with Crippen molar-refractivity contribution in [1.82, 2.24) is 0 Å². The molecule has 3 nitrogen and oxygen atoms in total. The molecule has 0 bridgehead atoms. The summed E-state index contributed by atoms with van der Waals surface area (Å²) >= 11 is 1.82. The van der Waals surface area contributed by atoms with E-state index in [1.54, 1.807) is 0 Å². The predicted octanol–water partition coefficient (Wildman–Crippen LogP) is 4.39. The summed E-state index contributed by atoms with van der Waals surface area (Å²) in [6, 6.07) is 19.2. The van der Waals surface area contributed by atoms with Gasteiger partial charge in [0.1, 0.15) is 6.10 Å². The molecule has 1 aromatic heterocycles. The maximum absolute atomic E-state index is 10.4. The summed E-state index contributed by atoms with van der Waals surface area (Å²) in [7, 11) is 2.72. The number of aryl methyl sites for hydroxylation is 1. The minimum absolute atomic E-state index is 0.277. The van der Waals surface area contributed by atoms with Crippen molar-refractivity contribution in [2.75, 3.05) is 0 Å². The van der Waals surface area contributed by atoms with Gasteiger partial charge in [-0.05, 0) is 53.5 Å². The summed E-state index contributed by atoms with van der Waals surface area (Å²) in [6.45, 7) is 3.98. The summed E-state index contributed by atoms with van der Waals surface area (Å²) in [5.74, 6) is 0. The van der Waals surface area contributed by atoms with E-state index in [4.69, 9.17) is 4.74 Å². The summed E-state index contributed by atoms with van der Waals surface area (Å²) in [4.78, 5) is 2.58. The molecule has 1 aliphatic heterocycles. The first-order chi connectivity index (χ1) is 13.9. The number of benzene rings is 2. The molecule has 2 aromatic carbocycles. The first-order valence-electron chi connectivity index (χ1n) is 9.96. The lowest BCUT2D eigenvalue weighted by Gasteiger charge is -2.36. The van der Waals surface area contributed by atoms with Gasteiger partial charge in [0.25, 0.3) is 0 Å². The van der Waals surface area contributed by atoms with Crippen LogP contribution in [0.3, 0.4) is 0 Å². The standard InChI is InChI=1S/C24H27O3PS/c1-14-3-4-17(24-22(26)13-21(25)15(2)27-24)11-18(14)12-20-9-10-23(29-20)16-5-7-19(28)8-6-16/h3-11,15,21-22,24-26H,12-13,28H2,1-2H3. The Morgan fingerprint density at radius 2 is 1.79 bits per heavy atom. The van der Waals surface area contributed by atoms with Crippen molar-refractivity contribution in [3.63, 3.8) is 0 Å². The van der Waals surface area contributed by atoms with Gasteiger partial charge < -0.3 is 14.9 Å². The summed E-state index contributed by atoms with van der Waals surface area (Å²) in [5, 5.41) is 21.5. The Hall–Kier alpha value is -1.55. The van der Waals surface area contributed by atoms with Crippen LogP contribution in [0.15, 0.2) is 54.6 Å². The van der Waals surface area contributed by atoms with Gasteiger partial charge in [0.05, 0.1) is 18.3 Å². The van der Waals surface area contributed by atoms with Crippen LogP contribution in [0.25, 0.3) is 10.4 Å². The van der Waals surface area contributed by atoms with Crippen LogP contribution in [-0.2, 0) is 11.2 Å². The lowest BCUT2D eigenvalue weighted by molar-refractivity contribution is -0.164. The van der Waals surface area contributed by atoms with Crippen LogP contribution in [0.1, 0.15) is 41.0 Å². The van der Waals surface area contributed by atoms with Gasteiger partial charge in [-0.25, -0.2) is 0 Å². The lowest BCUT2D eigenvalue weighted by atomic mass is 9.91. The largest absolute Gasteiger partial charge is 0.390 e. The van der Waals surface area contributed by atoms with E-state index in [1.165, 1.54) is 31.7 Å². The molecule has 0 amide bonds. The zero-order valence-corrected chi connectivity index (χ0v) is 18.7. The number of hydrogen-bond acceptors (Lipinski definition) is 4. The van der Waals surface area contributed by atoms with Gasteiger partial charge in [-0.15, -0.1) is 20.6 Å². The molecule has 0 aliphatic carbocycles. The average Bonchev–Trinajstić information content (AvgIpc) is 3.16. The van der Waals surface area contributed by atoms with Crippen LogP contribution in [-0.4, -0.2) is 28.5 Å². The lowest BCUT2D eigenvalue weighted by Crippen LogP contribution is -2.41. The number of ether oxygens (including phenoxy) is 1. The maximum atomic E-state index is 10.4. The fourth-order valence-corrected chi connectivity index (χ4v) is 5.03. The van der Waals surface area contributed by atoms with Crippen LogP contribution < -0.4 is 5.30 Å². The number of hydrogen-bond donors (Lipinski definition) is 2. The monoisotopic (exact) mass is 426 g/mol. The minimum Gasteiger partial charge on any atom is -0.390 e. The van der Waals surface area contributed by atoms with E-state index in [0.29, 0.717) is 6.42 Å². The van der Waals surface area contributed by atoms with E-state index in [1.807, 2.05) is 24.3 Å². The fourth-order valence-electron chi connectivity index (χ4n) is 3.80. The molecule has 1 fully saturated rings. The van der Waals surface area contributed by atoms with Gasteiger partial charge in [0.2, 0.25) is 0 Å². The molecule has 0 saturated carbocycles. The molecule has 0 radical (unpaired) electrons. The summed E-state index contributed by atoms with van der Waals surface area (Å²) < 4.78 is 5.91. The van der Waals surface area contributed by atoms with Gasteiger partial charge in [0.15, 0.2) is 0 Å². The second-order valence-corrected chi connectivity index (χ2v) is 9.72. The van der Waals surface area contributed by atoms with Crippen molar-refractivity contribution < 1.29 is 14.9 Å². The minimum atomic E-state index is -0.690. The molecule has 152 valence electrons. The van der Waals surface area contributed by atoms with Crippen molar-refractivity contribution in [2.24, 2.45) is 0 Å². The van der Waals surface area contributed by atoms with E-state index in [2.05, 4.69) is 64.7 Å². The highest BCUT2D eigenvalue weighted by Crippen LogP contribution is 2.34. The third-order valence-electron chi connectivity index (χ3n) is 5.66. The van der Waals surface area contributed by atoms with Crippen molar-refractivity contribution in [2.45, 2.75) is 51.1 Å². The van der Waals surface area contributed by atoms with Crippen LogP contribution in [0.5, 0.6) is 0 Å². The Labute approximate surface area is 178 Å². The molecule has 5 atom stereocenters. The molecule has 2 heterocycles. The Bertz CT molecular complexity index is 982. The maximum Gasteiger partial charge on any atom is 0.109 e. The summed E-state index contributed by atoms with van der Waals surface area (Å²) in [6.07, 6.45) is -0.773. The van der Waals surface area contributed by atoms with Crippen molar-refractivity contribution in [3.05, 3.63) is 76.2 Å². The number of aliphatic hydroxyl groups excluding tert-OH is 2. The van der Waals surface area contributed by atoms with Crippen LogP contribution in [0.4, 0.5) is 0 Å². The smallest absolute Gasteiger partial charge is 0.109 e. The number of thiophene rings is 1. The Morgan fingerprint density at radius 1 is 1.03 bits per heavy atom. The molecule has 29 heavy (non-hydrogen) atoms. The molecule has 0 spiro atoms. The van der Waals surface area contributed by atoms with Crippen molar-refractivity contribution in [1.29, 1.82) is 0 Å². The van der Waals surface area contributed by atoms with Gasteiger partial charge in [-0.1, -0.05) is 42.5 Å². The van der Waals surface area contributed by atoms with Crippen LogP contribution in [0.2, 0.25) is 0 Å². The second kappa shape index (κ2) is 8.67. The topological polar surface area (TPSA) is 49.7 Å². The van der Waals surface area contributed by atoms with Crippen molar-refractivity contribution >= 4 is 25.9 Å². The fraction of sp³-hybridized carbons (Fsp3) is 0.333. The second-order valence-electron chi connectivity index (χ2n) is 7.88. The zero-order chi connectivity index (χ0) is 20.5. The van der Waals surface area contributed by atoms with E-state index in [-0.39, 0.29) is 6.10 Å². The molecule has 1 saturated heterocycles. The quantitative estimate of drug-likeness (QED) is 0.609. The van der Waals surface area contributed by atoms with Gasteiger partial charge in [-0.3, -0.25) is 0 Å². The van der Waals surface area contributed by atoms with Crippen molar-refractivity contribution in [3.8, 4) is 10.4 Å². The Balaban J connectivity index is 1.55. The molecule has 2 N–H and O–H groups in total. The van der Waals surface area contributed by atoms with Gasteiger partial charge in [-0.2, -0.15) is 0 Å². The van der Waals surface area contributed by atoms with E-state index < -0.39 is 18.3 Å².